The molecule has 5 nitrogen and oxygen atoms in total. The predicted molar refractivity (Wildman–Crippen MR) is 72.3 cm³/mol. The standard InChI is InChI=1S/C14H17FN2O3/c1-8(9-3-4-9)17(2)14(20)16-10-5-6-11(13(18)19)12(15)7-10/h5-9H,3-4H2,1-2H3,(H,16,20)(H,18,19). The molecule has 1 fully saturated rings. The molecular weight excluding hydrogens is 263 g/mol. The Morgan fingerprint density at radius 1 is 1.45 bits per heavy atom. The number of hydrogen-bond acceptors (Lipinski definition) is 2. The number of amides is 2. The van der Waals surface area contributed by atoms with Crippen molar-refractivity contribution in [2.24, 2.45) is 5.92 Å². The molecule has 0 radical (unpaired) electrons. The van der Waals surface area contributed by atoms with Crippen LogP contribution >= 0.6 is 0 Å². The van der Waals surface area contributed by atoms with Crippen molar-refractivity contribution in [1.29, 1.82) is 0 Å². The van der Waals surface area contributed by atoms with Gasteiger partial charge in [0, 0.05) is 18.8 Å². The number of aromatic carboxylic acids is 1. The number of rotatable bonds is 4. The zero-order chi connectivity index (χ0) is 14.9. The predicted octanol–water partition coefficient (Wildman–Crippen LogP) is 2.79. The van der Waals surface area contributed by atoms with E-state index in [0.717, 1.165) is 25.0 Å². The maximum atomic E-state index is 13.5. The van der Waals surface area contributed by atoms with Crippen LogP contribution in [0.25, 0.3) is 0 Å². The molecule has 2 N–H and O–H groups in total. The van der Waals surface area contributed by atoms with E-state index in [1.54, 1.807) is 11.9 Å². The monoisotopic (exact) mass is 280 g/mol. The van der Waals surface area contributed by atoms with Crippen LogP contribution < -0.4 is 5.32 Å². The van der Waals surface area contributed by atoms with Crippen molar-refractivity contribution in [1.82, 2.24) is 4.90 Å². The van der Waals surface area contributed by atoms with Gasteiger partial charge in [-0.2, -0.15) is 0 Å². The Hall–Kier alpha value is -2.11. The van der Waals surface area contributed by atoms with Gasteiger partial charge in [-0.25, -0.2) is 14.0 Å². The largest absolute Gasteiger partial charge is 0.478 e. The molecule has 2 rings (SSSR count). The number of halogens is 1. The van der Waals surface area contributed by atoms with Crippen molar-refractivity contribution in [3.05, 3.63) is 29.6 Å². The van der Waals surface area contributed by atoms with E-state index in [0.29, 0.717) is 5.92 Å². The second-order valence-corrected chi connectivity index (χ2v) is 5.12. The Labute approximate surface area is 116 Å². The van der Waals surface area contributed by atoms with Gasteiger partial charge in [-0.05, 0) is 43.9 Å². The lowest BCUT2D eigenvalue weighted by Crippen LogP contribution is -2.39. The van der Waals surface area contributed by atoms with E-state index in [1.807, 2.05) is 6.92 Å². The van der Waals surface area contributed by atoms with E-state index in [9.17, 15) is 14.0 Å². The van der Waals surface area contributed by atoms with Gasteiger partial charge >= 0.3 is 12.0 Å². The van der Waals surface area contributed by atoms with Gasteiger partial charge in [0.2, 0.25) is 0 Å². The molecule has 0 heterocycles. The highest BCUT2D eigenvalue weighted by Gasteiger charge is 2.32. The van der Waals surface area contributed by atoms with E-state index in [1.165, 1.54) is 6.07 Å². The number of urea groups is 1. The fourth-order valence-electron chi connectivity index (χ4n) is 2.06. The summed E-state index contributed by atoms with van der Waals surface area (Å²) in [7, 11) is 1.69. The Balaban J connectivity index is 2.04. The van der Waals surface area contributed by atoms with Crippen LogP contribution in [-0.2, 0) is 0 Å². The zero-order valence-electron chi connectivity index (χ0n) is 11.4. The molecule has 1 atom stereocenters. The summed E-state index contributed by atoms with van der Waals surface area (Å²) >= 11 is 0. The molecule has 20 heavy (non-hydrogen) atoms. The Morgan fingerprint density at radius 2 is 2.10 bits per heavy atom. The topological polar surface area (TPSA) is 69.6 Å². The maximum absolute atomic E-state index is 13.5. The third-order valence-corrected chi connectivity index (χ3v) is 3.69. The number of carbonyl (C=O) groups excluding carboxylic acids is 1. The zero-order valence-corrected chi connectivity index (χ0v) is 11.4. The number of benzene rings is 1. The molecule has 108 valence electrons. The Kier molecular flexibility index (Phi) is 3.92. The van der Waals surface area contributed by atoms with E-state index >= 15 is 0 Å². The quantitative estimate of drug-likeness (QED) is 0.891. The summed E-state index contributed by atoms with van der Waals surface area (Å²) < 4.78 is 13.5. The molecule has 1 saturated carbocycles. The van der Waals surface area contributed by atoms with Gasteiger partial charge in [0.1, 0.15) is 5.82 Å². The molecule has 6 heteroatoms. The van der Waals surface area contributed by atoms with E-state index < -0.39 is 17.3 Å². The Morgan fingerprint density at radius 3 is 2.60 bits per heavy atom. The van der Waals surface area contributed by atoms with Crippen LogP contribution in [0.15, 0.2) is 18.2 Å². The van der Waals surface area contributed by atoms with Gasteiger partial charge in [0.05, 0.1) is 5.56 Å². The SMILES string of the molecule is CC(C1CC1)N(C)C(=O)Nc1ccc(C(=O)O)c(F)c1. The van der Waals surface area contributed by atoms with Crippen molar-refractivity contribution < 1.29 is 19.1 Å². The number of nitrogens with zero attached hydrogens (tertiary/aromatic N) is 1. The van der Waals surface area contributed by atoms with Crippen molar-refractivity contribution in [3.8, 4) is 0 Å². The molecule has 0 aromatic heterocycles. The molecule has 1 aromatic rings. The van der Waals surface area contributed by atoms with Crippen molar-refractivity contribution in [3.63, 3.8) is 0 Å². The molecule has 1 aliphatic carbocycles. The average molecular weight is 280 g/mol. The van der Waals surface area contributed by atoms with E-state index in [-0.39, 0.29) is 17.8 Å². The van der Waals surface area contributed by atoms with E-state index in [4.69, 9.17) is 5.11 Å². The highest BCUT2D eigenvalue weighted by Crippen LogP contribution is 2.34. The van der Waals surface area contributed by atoms with Gasteiger partial charge < -0.3 is 15.3 Å². The first-order valence-corrected chi connectivity index (χ1v) is 6.47. The van der Waals surface area contributed by atoms with Crippen LogP contribution in [0.4, 0.5) is 14.9 Å². The molecule has 0 spiro atoms. The van der Waals surface area contributed by atoms with Crippen LogP contribution in [-0.4, -0.2) is 35.1 Å². The third kappa shape index (κ3) is 3.07. The summed E-state index contributed by atoms with van der Waals surface area (Å²) in [6.07, 6.45) is 2.25. The van der Waals surface area contributed by atoms with Gasteiger partial charge in [0.15, 0.2) is 0 Å². The molecule has 1 aliphatic rings. The lowest BCUT2D eigenvalue weighted by Gasteiger charge is -2.25. The maximum Gasteiger partial charge on any atom is 0.338 e. The second kappa shape index (κ2) is 5.48. The highest BCUT2D eigenvalue weighted by atomic mass is 19.1. The van der Waals surface area contributed by atoms with Crippen LogP contribution in [0, 0.1) is 11.7 Å². The van der Waals surface area contributed by atoms with Crippen molar-refractivity contribution in [2.75, 3.05) is 12.4 Å². The molecule has 1 aromatic carbocycles. The third-order valence-electron chi connectivity index (χ3n) is 3.69. The molecule has 2 amide bonds. The number of hydrogen-bond donors (Lipinski definition) is 2. The average Bonchev–Trinajstić information content (AvgIpc) is 3.20. The summed E-state index contributed by atoms with van der Waals surface area (Å²) in [5.74, 6) is -1.66. The number of carbonyl (C=O) groups is 2. The summed E-state index contributed by atoms with van der Waals surface area (Å²) in [6.45, 7) is 1.98. The summed E-state index contributed by atoms with van der Waals surface area (Å²) in [4.78, 5) is 24.3. The Bertz CT molecular complexity index is 543. The first-order chi connectivity index (χ1) is 9.40. The van der Waals surface area contributed by atoms with Gasteiger partial charge in [-0.3, -0.25) is 0 Å². The number of anilines is 1. The van der Waals surface area contributed by atoms with Crippen molar-refractivity contribution >= 4 is 17.7 Å². The molecule has 0 saturated heterocycles. The highest BCUT2D eigenvalue weighted by molar-refractivity contribution is 5.91. The number of nitrogens with one attached hydrogen (secondary N) is 1. The van der Waals surface area contributed by atoms with Crippen LogP contribution in [0.3, 0.4) is 0 Å². The minimum atomic E-state index is -1.33. The fourth-order valence-corrected chi connectivity index (χ4v) is 2.06. The summed E-state index contributed by atoms with van der Waals surface area (Å²) in [5.41, 5.74) is -0.171. The second-order valence-electron chi connectivity index (χ2n) is 5.12. The van der Waals surface area contributed by atoms with Crippen molar-refractivity contribution in [2.45, 2.75) is 25.8 Å². The number of carboxylic acids is 1. The lowest BCUT2D eigenvalue weighted by molar-refractivity contribution is 0.0692. The van der Waals surface area contributed by atoms with Gasteiger partial charge in [-0.15, -0.1) is 0 Å². The summed E-state index contributed by atoms with van der Waals surface area (Å²) in [6, 6.07) is 3.33. The molecule has 0 bridgehead atoms. The van der Waals surface area contributed by atoms with Crippen LogP contribution in [0.5, 0.6) is 0 Å². The molecular formula is C14H17FN2O3. The van der Waals surface area contributed by atoms with Gasteiger partial charge in [-0.1, -0.05) is 0 Å². The van der Waals surface area contributed by atoms with Crippen LogP contribution in [0.2, 0.25) is 0 Å². The van der Waals surface area contributed by atoms with Crippen LogP contribution in [0.1, 0.15) is 30.1 Å². The first-order valence-electron chi connectivity index (χ1n) is 6.47. The smallest absolute Gasteiger partial charge is 0.338 e. The molecule has 0 aliphatic heterocycles. The normalized spacial score (nSPS) is 15.6. The minimum Gasteiger partial charge on any atom is -0.478 e. The fraction of sp³-hybridized carbons (Fsp3) is 0.429. The molecule has 1 unspecified atom stereocenters. The first kappa shape index (κ1) is 14.3. The minimum absolute atomic E-state index is 0.137. The van der Waals surface area contributed by atoms with E-state index in [2.05, 4.69) is 5.32 Å². The van der Waals surface area contributed by atoms with Gasteiger partial charge in [0.25, 0.3) is 0 Å². The lowest BCUT2D eigenvalue weighted by atomic mass is 10.2. The summed E-state index contributed by atoms with van der Waals surface area (Å²) in [5, 5.41) is 11.3. The number of carboxylic acid groups (broad SMARTS) is 1.